The molecule has 0 spiro atoms. The highest BCUT2D eigenvalue weighted by Crippen LogP contribution is 2.19. The van der Waals surface area contributed by atoms with Crippen molar-refractivity contribution in [3.8, 4) is 0 Å². The van der Waals surface area contributed by atoms with Crippen LogP contribution in [0.25, 0.3) is 5.57 Å². The van der Waals surface area contributed by atoms with Gasteiger partial charge in [0.15, 0.2) is 5.82 Å². The maximum absolute atomic E-state index is 11.8. The average molecular weight is 251 g/mol. The molecule has 0 saturated heterocycles. The molecule has 98 valence electrons. The number of nitrogens with zero attached hydrogens (tertiary/aromatic N) is 4. The van der Waals surface area contributed by atoms with Crippen molar-refractivity contribution < 1.29 is 9.53 Å². The van der Waals surface area contributed by atoms with Gasteiger partial charge >= 0.3 is 6.09 Å². The number of nitrogens with one attached hydrogen (secondary N) is 1. The van der Waals surface area contributed by atoms with E-state index in [4.69, 9.17) is 4.74 Å². The molecule has 1 aromatic rings. The SMILES string of the molecule is CC(C)(C)OC(=O)N1CC=C(c2nn[nH]n2)CC1. The zero-order chi connectivity index (χ0) is 13.2. The fraction of sp³-hybridized carbons (Fsp3) is 0.636. The molecule has 1 aliphatic heterocycles. The van der Waals surface area contributed by atoms with E-state index in [1.807, 2.05) is 26.8 Å². The topological polar surface area (TPSA) is 84.0 Å². The lowest BCUT2D eigenvalue weighted by Crippen LogP contribution is -2.39. The summed E-state index contributed by atoms with van der Waals surface area (Å²) in [4.78, 5) is 13.5. The van der Waals surface area contributed by atoms with Gasteiger partial charge in [0.1, 0.15) is 5.60 Å². The van der Waals surface area contributed by atoms with Crippen molar-refractivity contribution in [2.24, 2.45) is 0 Å². The zero-order valence-electron chi connectivity index (χ0n) is 10.8. The molecule has 0 atom stereocenters. The molecule has 0 fully saturated rings. The minimum Gasteiger partial charge on any atom is -0.444 e. The molecule has 0 aromatic carbocycles. The normalized spacial score (nSPS) is 16.4. The molecular weight excluding hydrogens is 234 g/mol. The van der Waals surface area contributed by atoms with Crippen LogP contribution in [0.5, 0.6) is 0 Å². The summed E-state index contributed by atoms with van der Waals surface area (Å²) in [5, 5.41) is 13.8. The molecule has 0 bridgehead atoms. The molecule has 0 unspecified atom stereocenters. The van der Waals surface area contributed by atoms with Gasteiger partial charge in [0.25, 0.3) is 0 Å². The van der Waals surface area contributed by atoms with Crippen molar-refractivity contribution in [3.63, 3.8) is 0 Å². The van der Waals surface area contributed by atoms with Crippen LogP contribution < -0.4 is 0 Å². The van der Waals surface area contributed by atoms with E-state index in [2.05, 4.69) is 20.6 Å². The van der Waals surface area contributed by atoms with Gasteiger partial charge in [0.2, 0.25) is 0 Å². The summed E-state index contributed by atoms with van der Waals surface area (Å²) < 4.78 is 5.31. The van der Waals surface area contributed by atoms with E-state index in [-0.39, 0.29) is 6.09 Å². The molecule has 7 heteroatoms. The predicted molar refractivity (Wildman–Crippen MR) is 64.6 cm³/mol. The monoisotopic (exact) mass is 251 g/mol. The van der Waals surface area contributed by atoms with Gasteiger partial charge < -0.3 is 9.64 Å². The van der Waals surface area contributed by atoms with E-state index in [1.165, 1.54) is 0 Å². The van der Waals surface area contributed by atoms with Gasteiger partial charge in [-0.25, -0.2) is 4.79 Å². The number of ether oxygens (including phenoxy) is 1. The molecule has 0 radical (unpaired) electrons. The first-order chi connectivity index (χ1) is 8.46. The number of carbonyl (C=O) groups is 1. The number of hydrogen-bond donors (Lipinski definition) is 1. The lowest BCUT2D eigenvalue weighted by molar-refractivity contribution is 0.0270. The van der Waals surface area contributed by atoms with Crippen molar-refractivity contribution in [3.05, 3.63) is 11.9 Å². The van der Waals surface area contributed by atoms with E-state index in [9.17, 15) is 4.79 Å². The fourth-order valence-electron chi connectivity index (χ4n) is 1.66. The Morgan fingerprint density at radius 1 is 1.50 bits per heavy atom. The summed E-state index contributed by atoms with van der Waals surface area (Å²) in [6.45, 7) is 6.69. The quantitative estimate of drug-likeness (QED) is 0.811. The van der Waals surface area contributed by atoms with Crippen LogP contribution in [-0.4, -0.2) is 50.3 Å². The van der Waals surface area contributed by atoms with Crippen molar-refractivity contribution in [2.75, 3.05) is 13.1 Å². The van der Waals surface area contributed by atoms with Gasteiger partial charge in [0.05, 0.1) is 0 Å². The second kappa shape index (κ2) is 4.75. The van der Waals surface area contributed by atoms with Gasteiger partial charge in [-0.15, -0.1) is 10.2 Å². The Morgan fingerprint density at radius 3 is 2.78 bits per heavy atom. The molecule has 1 N–H and O–H groups in total. The molecule has 2 rings (SSSR count). The summed E-state index contributed by atoms with van der Waals surface area (Å²) >= 11 is 0. The Morgan fingerprint density at radius 2 is 2.28 bits per heavy atom. The minimum absolute atomic E-state index is 0.286. The van der Waals surface area contributed by atoms with E-state index in [1.54, 1.807) is 4.90 Å². The Bertz CT molecular complexity index is 446. The highest BCUT2D eigenvalue weighted by atomic mass is 16.6. The summed E-state index contributed by atoms with van der Waals surface area (Å²) in [7, 11) is 0. The Labute approximate surface area is 105 Å². The minimum atomic E-state index is -0.464. The maximum atomic E-state index is 11.8. The van der Waals surface area contributed by atoms with Crippen LogP contribution in [0.1, 0.15) is 33.0 Å². The molecule has 2 heterocycles. The summed E-state index contributed by atoms with van der Waals surface area (Å²) in [5.41, 5.74) is 0.540. The van der Waals surface area contributed by atoms with Crippen LogP contribution in [-0.2, 0) is 4.74 Å². The molecule has 7 nitrogen and oxygen atoms in total. The Kier molecular flexibility index (Phi) is 3.31. The number of carbonyl (C=O) groups excluding carboxylic acids is 1. The maximum Gasteiger partial charge on any atom is 0.410 e. The Hall–Kier alpha value is -1.92. The third-order valence-corrected chi connectivity index (χ3v) is 2.49. The largest absolute Gasteiger partial charge is 0.444 e. The van der Waals surface area contributed by atoms with Gasteiger partial charge in [-0.1, -0.05) is 6.08 Å². The lowest BCUT2D eigenvalue weighted by Gasteiger charge is -2.29. The third-order valence-electron chi connectivity index (χ3n) is 2.49. The third kappa shape index (κ3) is 3.06. The van der Waals surface area contributed by atoms with Gasteiger partial charge in [-0.2, -0.15) is 5.21 Å². The van der Waals surface area contributed by atoms with Crippen LogP contribution in [0.4, 0.5) is 4.79 Å². The van der Waals surface area contributed by atoms with Gasteiger partial charge in [-0.3, -0.25) is 0 Å². The van der Waals surface area contributed by atoms with Crippen molar-refractivity contribution in [2.45, 2.75) is 32.8 Å². The van der Waals surface area contributed by atoms with Crippen molar-refractivity contribution in [1.29, 1.82) is 0 Å². The molecule has 18 heavy (non-hydrogen) atoms. The number of tetrazole rings is 1. The average Bonchev–Trinajstić information content (AvgIpc) is 2.80. The van der Waals surface area contributed by atoms with E-state index in [0.29, 0.717) is 25.3 Å². The van der Waals surface area contributed by atoms with Crippen LogP contribution >= 0.6 is 0 Å². The highest BCUT2D eigenvalue weighted by Gasteiger charge is 2.24. The first-order valence-corrected chi connectivity index (χ1v) is 5.86. The standard InChI is InChI=1S/C11H17N5O2/c1-11(2,3)18-10(17)16-6-4-8(5-7-16)9-12-14-15-13-9/h4H,5-7H2,1-3H3,(H,12,13,14,15). The summed E-state index contributed by atoms with van der Waals surface area (Å²) in [5.74, 6) is 0.596. The molecule has 1 amide bonds. The molecule has 1 aromatic heterocycles. The number of rotatable bonds is 1. The summed E-state index contributed by atoms with van der Waals surface area (Å²) in [6, 6.07) is 0. The smallest absolute Gasteiger partial charge is 0.410 e. The van der Waals surface area contributed by atoms with Crippen LogP contribution in [0.3, 0.4) is 0 Å². The van der Waals surface area contributed by atoms with Crippen LogP contribution in [0.2, 0.25) is 0 Å². The highest BCUT2D eigenvalue weighted by molar-refractivity contribution is 5.71. The second-order valence-corrected chi connectivity index (χ2v) is 5.14. The van der Waals surface area contributed by atoms with Crippen LogP contribution in [0, 0.1) is 0 Å². The number of amides is 1. The van der Waals surface area contributed by atoms with Gasteiger partial charge in [0, 0.05) is 18.7 Å². The van der Waals surface area contributed by atoms with E-state index < -0.39 is 5.60 Å². The van der Waals surface area contributed by atoms with E-state index in [0.717, 1.165) is 5.57 Å². The van der Waals surface area contributed by atoms with Crippen molar-refractivity contribution in [1.82, 2.24) is 25.5 Å². The molecular formula is C11H17N5O2. The first kappa shape index (κ1) is 12.5. The lowest BCUT2D eigenvalue weighted by atomic mass is 10.1. The molecule has 0 aliphatic carbocycles. The number of aromatic nitrogens is 4. The number of hydrogen-bond acceptors (Lipinski definition) is 5. The fourth-order valence-corrected chi connectivity index (χ4v) is 1.66. The number of H-pyrrole nitrogens is 1. The summed E-state index contributed by atoms with van der Waals surface area (Å²) in [6.07, 6.45) is 2.35. The predicted octanol–water partition coefficient (Wildman–Crippen LogP) is 1.22. The van der Waals surface area contributed by atoms with Gasteiger partial charge in [-0.05, 0) is 32.4 Å². The van der Waals surface area contributed by atoms with E-state index >= 15 is 0 Å². The van der Waals surface area contributed by atoms with Crippen LogP contribution in [0.15, 0.2) is 6.08 Å². The molecule has 1 aliphatic rings. The zero-order valence-corrected chi connectivity index (χ0v) is 10.8. The Balaban J connectivity index is 1.96. The second-order valence-electron chi connectivity index (χ2n) is 5.14. The number of aromatic amines is 1. The van der Waals surface area contributed by atoms with Crippen molar-refractivity contribution >= 4 is 11.7 Å². The first-order valence-electron chi connectivity index (χ1n) is 5.86. The molecule has 0 saturated carbocycles.